The maximum atomic E-state index is 13.8. The first-order valence-corrected chi connectivity index (χ1v) is 13.8. The van der Waals surface area contributed by atoms with E-state index in [-0.39, 0.29) is 24.3 Å². The minimum atomic E-state index is -1.15. The molecule has 7 rings (SSSR count). The van der Waals surface area contributed by atoms with Gasteiger partial charge >= 0.3 is 0 Å². The Kier molecular flexibility index (Phi) is 6.12. The van der Waals surface area contributed by atoms with Crippen LogP contribution in [-0.4, -0.2) is 29.2 Å². The minimum absolute atomic E-state index is 0.0427. The van der Waals surface area contributed by atoms with Gasteiger partial charge in [-0.2, -0.15) is 0 Å². The Bertz CT molecular complexity index is 1350. The van der Waals surface area contributed by atoms with Gasteiger partial charge in [0.15, 0.2) is 0 Å². The van der Waals surface area contributed by atoms with Crippen molar-refractivity contribution in [3.05, 3.63) is 101 Å². The number of nitrogens with zero attached hydrogens (tertiary/aromatic N) is 1. The van der Waals surface area contributed by atoms with Crippen molar-refractivity contribution < 1.29 is 14.4 Å². The van der Waals surface area contributed by atoms with Gasteiger partial charge in [-0.1, -0.05) is 73.2 Å². The molecule has 3 aromatic rings. The summed E-state index contributed by atoms with van der Waals surface area (Å²) in [5.41, 5.74) is 5.05. The number of amides is 3. The normalized spacial score (nSPS) is 26.7. The van der Waals surface area contributed by atoms with Crippen molar-refractivity contribution in [1.29, 1.82) is 0 Å². The van der Waals surface area contributed by atoms with Crippen LogP contribution in [-0.2, 0) is 24.1 Å². The quantitative estimate of drug-likeness (QED) is 0.221. The third-order valence-electron chi connectivity index (χ3n) is 8.38. The summed E-state index contributed by atoms with van der Waals surface area (Å²) in [6, 6.07) is 23.0. The van der Waals surface area contributed by atoms with E-state index in [4.69, 9.17) is 23.2 Å². The van der Waals surface area contributed by atoms with Crippen LogP contribution in [0.15, 0.2) is 72.8 Å². The molecule has 2 atom stereocenters. The van der Waals surface area contributed by atoms with Crippen LogP contribution in [0, 0.1) is 18.8 Å². The Morgan fingerprint density at radius 2 is 1.24 bits per heavy atom. The van der Waals surface area contributed by atoms with Gasteiger partial charge < -0.3 is 5.32 Å². The minimum Gasteiger partial charge on any atom is -0.326 e. The van der Waals surface area contributed by atoms with E-state index in [1.54, 1.807) is 0 Å². The van der Waals surface area contributed by atoms with Crippen LogP contribution in [0.3, 0.4) is 0 Å². The largest absolute Gasteiger partial charge is 0.326 e. The zero-order chi connectivity index (χ0) is 26.7. The number of carbonyl (C=O) groups excluding carboxylic acids is 3. The number of aryl methyl sites for hydroxylation is 1. The number of imide groups is 1. The predicted octanol–water partition coefficient (Wildman–Crippen LogP) is 6.09. The highest BCUT2D eigenvalue weighted by molar-refractivity contribution is 6.36. The average Bonchev–Trinajstić information content (AvgIpc) is 3.19. The van der Waals surface area contributed by atoms with Crippen LogP contribution in [0.1, 0.15) is 53.5 Å². The summed E-state index contributed by atoms with van der Waals surface area (Å²) in [6.45, 7) is 2.24. The smallest absolute Gasteiger partial charge is 0.235 e. The molecule has 1 aliphatic heterocycles. The highest BCUT2D eigenvalue weighted by Crippen LogP contribution is 2.69. The van der Waals surface area contributed by atoms with Crippen LogP contribution >= 0.6 is 23.2 Å². The number of para-hydroxylation sites is 1. The first kappa shape index (κ1) is 25.1. The van der Waals surface area contributed by atoms with E-state index in [1.807, 2.05) is 79.7 Å². The lowest BCUT2D eigenvalue weighted by molar-refractivity contribution is -0.140. The molecule has 1 fully saturated rings. The molecule has 5 nitrogen and oxygen atoms in total. The van der Waals surface area contributed by atoms with Crippen molar-refractivity contribution in [2.75, 3.05) is 11.9 Å². The number of benzene rings is 3. The number of halogens is 2. The monoisotopic (exact) mass is 546 g/mol. The van der Waals surface area contributed by atoms with Crippen LogP contribution in [0.5, 0.6) is 0 Å². The Morgan fingerprint density at radius 1 is 0.763 bits per heavy atom. The second-order valence-electron chi connectivity index (χ2n) is 10.5. The fourth-order valence-electron chi connectivity index (χ4n) is 6.60. The lowest BCUT2D eigenvalue weighted by Crippen LogP contribution is -2.57. The molecular weight excluding hydrogens is 519 g/mol. The first-order chi connectivity index (χ1) is 18.3. The molecule has 1 saturated heterocycles. The summed E-state index contributed by atoms with van der Waals surface area (Å²) in [6.07, 6.45) is 2.36. The SMILES string of the molecule is Cc1ccccc1NC(=O)CCCCCN1C(=O)[C@@H]2[C@@H](C1=O)C1(Cl)c3ccccc3C2(Cl)c2ccccc21. The third kappa shape index (κ3) is 3.48. The standard InChI is InChI=1S/C31H28Cl2N2O3/c1-19-11-4-9-16-24(19)34-25(36)17-3-2-10-18-35-28(37)26-27(29(35)38)31(33)21-13-6-5-12-20(21)30(26,32)22-14-7-8-15-23(22)31/h4-9,11-16,26-27H,2-3,10,17-18H2,1H3,(H,34,36)/t26-,27-,30?,31?/m0/s1. The highest BCUT2D eigenvalue weighted by atomic mass is 35.5. The molecule has 194 valence electrons. The summed E-state index contributed by atoms with van der Waals surface area (Å²) in [7, 11) is 0. The molecule has 0 saturated carbocycles. The molecule has 4 aliphatic rings. The maximum Gasteiger partial charge on any atom is 0.235 e. The number of unbranched alkanes of at least 4 members (excludes halogenated alkanes) is 2. The molecule has 1 N–H and O–H groups in total. The number of alkyl halides is 2. The van der Waals surface area contributed by atoms with Gasteiger partial charge in [0.1, 0.15) is 9.75 Å². The molecule has 0 unspecified atom stereocenters. The number of hydrogen-bond acceptors (Lipinski definition) is 3. The molecule has 38 heavy (non-hydrogen) atoms. The van der Waals surface area contributed by atoms with Gasteiger partial charge in [-0.15, -0.1) is 23.2 Å². The van der Waals surface area contributed by atoms with Crippen LogP contribution < -0.4 is 5.32 Å². The summed E-state index contributed by atoms with van der Waals surface area (Å²) in [5, 5.41) is 2.95. The van der Waals surface area contributed by atoms with Gasteiger partial charge in [0.25, 0.3) is 0 Å². The molecule has 7 heteroatoms. The lowest BCUT2D eigenvalue weighted by Gasteiger charge is -2.54. The van der Waals surface area contributed by atoms with Gasteiger partial charge in [-0.05, 0) is 53.6 Å². The van der Waals surface area contributed by atoms with E-state index in [1.165, 1.54) is 4.90 Å². The average molecular weight is 547 g/mol. The van der Waals surface area contributed by atoms with E-state index >= 15 is 0 Å². The fraction of sp³-hybridized carbons (Fsp3) is 0.323. The molecule has 3 aliphatic carbocycles. The number of rotatable bonds is 7. The molecule has 2 bridgehead atoms. The molecule has 0 radical (unpaired) electrons. The molecule has 1 heterocycles. The zero-order valence-corrected chi connectivity index (χ0v) is 22.6. The van der Waals surface area contributed by atoms with Crippen molar-refractivity contribution >= 4 is 46.6 Å². The number of carbonyl (C=O) groups is 3. The summed E-state index contributed by atoms with van der Waals surface area (Å²) >= 11 is 14.9. The van der Waals surface area contributed by atoms with E-state index in [0.29, 0.717) is 25.7 Å². The Morgan fingerprint density at radius 3 is 1.74 bits per heavy atom. The number of anilines is 1. The van der Waals surface area contributed by atoms with E-state index < -0.39 is 21.6 Å². The van der Waals surface area contributed by atoms with Gasteiger partial charge in [0.05, 0.1) is 11.8 Å². The van der Waals surface area contributed by atoms with Gasteiger partial charge in [0.2, 0.25) is 17.7 Å². The third-order valence-corrected chi connectivity index (χ3v) is 9.67. The number of hydrogen-bond donors (Lipinski definition) is 1. The fourth-order valence-corrected chi connectivity index (χ4v) is 7.70. The van der Waals surface area contributed by atoms with Crippen LogP contribution in [0.2, 0.25) is 0 Å². The molecule has 3 aromatic carbocycles. The summed E-state index contributed by atoms with van der Waals surface area (Å²) in [5.74, 6) is -2.10. The lowest BCUT2D eigenvalue weighted by atomic mass is 9.54. The number of nitrogens with one attached hydrogen (secondary N) is 1. The van der Waals surface area contributed by atoms with Crippen LogP contribution in [0.4, 0.5) is 5.69 Å². The highest BCUT2D eigenvalue weighted by Gasteiger charge is 2.72. The van der Waals surface area contributed by atoms with Crippen molar-refractivity contribution in [2.45, 2.75) is 42.4 Å². The maximum absolute atomic E-state index is 13.8. The first-order valence-electron chi connectivity index (χ1n) is 13.1. The zero-order valence-electron chi connectivity index (χ0n) is 21.0. The summed E-state index contributed by atoms with van der Waals surface area (Å²) in [4.78, 5) is 39.0. The van der Waals surface area contributed by atoms with E-state index in [9.17, 15) is 14.4 Å². The predicted molar refractivity (Wildman–Crippen MR) is 148 cm³/mol. The van der Waals surface area contributed by atoms with Gasteiger partial charge in [-0.3, -0.25) is 19.3 Å². The van der Waals surface area contributed by atoms with Crippen molar-refractivity contribution in [1.82, 2.24) is 4.90 Å². The van der Waals surface area contributed by atoms with Gasteiger partial charge in [0, 0.05) is 18.7 Å². The van der Waals surface area contributed by atoms with Crippen LogP contribution in [0.25, 0.3) is 0 Å². The number of likely N-dealkylation sites (tertiary alicyclic amines) is 1. The van der Waals surface area contributed by atoms with Crippen molar-refractivity contribution in [3.63, 3.8) is 0 Å². The molecular formula is C31H28Cl2N2O3. The van der Waals surface area contributed by atoms with Crippen molar-refractivity contribution in [3.8, 4) is 0 Å². The second-order valence-corrected chi connectivity index (χ2v) is 11.7. The van der Waals surface area contributed by atoms with E-state index in [0.717, 1.165) is 33.5 Å². The Labute approximate surface area is 232 Å². The topological polar surface area (TPSA) is 66.5 Å². The summed E-state index contributed by atoms with van der Waals surface area (Å²) < 4.78 is 0. The second kappa shape index (κ2) is 9.25. The Hall–Kier alpha value is -3.15. The van der Waals surface area contributed by atoms with Crippen molar-refractivity contribution in [2.24, 2.45) is 11.8 Å². The molecule has 3 amide bonds. The Balaban J connectivity index is 1.17. The molecule has 0 aromatic heterocycles. The molecule has 0 spiro atoms. The van der Waals surface area contributed by atoms with E-state index in [2.05, 4.69) is 5.32 Å². The van der Waals surface area contributed by atoms with Gasteiger partial charge in [-0.25, -0.2) is 0 Å².